The van der Waals surface area contributed by atoms with E-state index >= 15 is 0 Å². The zero-order valence-electron chi connectivity index (χ0n) is 24.9. The molecule has 0 aliphatic heterocycles. The summed E-state index contributed by atoms with van der Waals surface area (Å²) in [4.78, 5) is 29.3. The fourth-order valence-corrected chi connectivity index (χ4v) is 5.33. The topological polar surface area (TPSA) is 114 Å². The van der Waals surface area contributed by atoms with Gasteiger partial charge in [0.05, 0.1) is 33.3 Å². The Labute approximate surface area is 248 Å². The Bertz CT molecular complexity index is 1460. The zero-order valence-corrected chi connectivity index (χ0v) is 25.7. The van der Waals surface area contributed by atoms with Crippen LogP contribution in [-0.4, -0.2) is 71.3 Å². The number of rotatable bonds is 14. The summed E-state index contributed by atoms with van der Waals surface area (Å²) in [7, 11) is 0.431. The molecular weight excluding hydrogens is 558 g/mol. The van der Waals surface area contributed by atoms with Gasteiger partial charge in [0.25, 0.3) is 0 Å². The van der Waals surface area contributed by atoms with E-state index in [1.165, 1.54) is 25.2 Å². The third kappa shape index (κ3) is 8.62. The largest absolute Gasteiger partial charge is 0.497 e. The number of sulfonamides is 1. The third-order valence-electron chi connectivity index (χ3n) is 6.52. The molecule has 10 nitrogen and oxygen atoms in total. The van der Waals surface area contributed by atoms with Gasteiger partial charge in [-0.1, -0.05) is 42.5 Å². The van der Waals surface area contributed by atoms with E-state index in [2.05, 4.69) is 5.32 Å². The van der Waals surface area contributed by atoms with Gasteiger partial charge in [0.2, 0.25) is 21.8 Å². The van der Waals surface area contributed by atoms with Crippen molar-refractivity contribution in [2.45, 2.75) is 38.9 Å². The van der Waals surface area contributed by atoms with Gasteiger partial charge < -0.3 is 24.4 Å². The third-order valence-corrected chi connectivity index (χ3v) is 7.65. The Morgan fingerprint density at radius 3 is 2.07 bits per heavy atom. The summed E-state index contributed by atoms with van der Waals surface area (Å²) in [6.07, 6.45) is 1.23. The number of benzene rings is 3. The van der Waals surface area contributed by atoms with Crippen LogP contribution < -0.4 is 23.8 Å². The van der Waals surface area contributed by atoms with E-state index in [1.54, 1.807) is 37.4 Å². The number of ether oxygens (including phenoxy) is 3. The first-order valence-corrected chi connectivity index (χ1v) is 15.3. The molecule has 1 atom stereocenters. The molecule has 0 aliphatic rings. The van der Waals surface area contributed by atoms with Crippen LogP contribution in [0, 0.1) is 0 Å². The molecule has 3 aromatic carbocycles. The number of hydrogen-bond acceptors (Lipinski definition) is 7. The van der Waals surface area contributed by atoms with Gasteiger partial charge in [-0.2, -0.15) is 0 Å². The second-order valence-corrected chi connectivity index (χ2v) is 12.0. The maximum absolute atomic E-state index is 14.2. The lowest BCUT2D eigenvalue weighted by Crippen LogP contribution is -2.54. The molecule has 0 spiro atoms. The minimum atomic E-state index is -3.98. The average Bonchev–Trinajstić information content (AvgIpc) is 2.96. The molecule has 0 saturated heterocycles. The van der Waals surface area contributed by atoms with Crippen LogP contribution in [0.5, 0.6) is 17.2 Å². The SMILES string of the molecule is COc1cccc(CN(C(=O)CN(c2cc(OC)ccc2OC)S(C)(=O)=O)[C@@H](Cc2ccccc2)C(=O)NC(C)C)c1. The molecule has 1 N–H and O–H groups in total. The van der Waals surface area contributed by atoms with Crippen molar-refractivity contribution in [2.24, 2.45) is 0 Å². The zero-order chi connectivity index (χ0) is 30.9. The molecule has 0 radical (unpaired) electrons. The van der Waals surface area contributed by atoms with Gasteiger partial charge in [0.15, 0.2) is 0 Å². The summed E-state index contributed by atoms with van der Waals surface area (Å²) in [5.41, 5.74) is 1.70. The Balaban J connectivity index is 2.12. The van der Waals surface area contributed by atoms with E-state index in [9.17, 15) is 18.0 Å². The van der Waals surface area contributed by atoms with Gasteiger partial charge in [0.1, 0.15) is 29.8 Å². The van der Waals surface area contributed by atoms with Crippen molar-refractivity contribution in [3.05, 3.63) is 83.9 Å². The Morgan fingerprint density at radius 1 is 0.833 bits per heavy atom. The lowest BCUT2D eigenvalue weighted by Gasteiger charge is -2.34. The first-order chi connectivity index (χ1) is 20.0. The van der Waals surface area contributed by atoms with E-state index in [0.717, 1.165) is 16.1 Å². The van der Waals surface area contributed by atoms with E-state index < -0.39 is 28.5 Å². The molecule has 11 heteroatoms. The maximum Gasteiger partial charge on any atom is 0.244 e. The van der Waals surface area contributed by atoms with Crippen molar-refractivity contribution in [1.82, 2.24) is 10.2 Å². The molecule has 3 aromatic rings. The van der Waals surface area contributed by atoms with Gasteiger partial charge in [-0.3, -0.25) is 13.9 Å². The molecule has 0 unspecified atom stereocenters. The van der Waals surface area contributed by atoms with Crippen LogP contribution in [0.3, 0.4) is 0 Å². The Hall–Kier alpha value is -4.25. The van der Waals surface area contributed by atoms with Crippen molar-refractivity contribution >= 4 is 27.5 Å². The predicted octanol–water partition coefficient (Wildman–Crippen LogP) is 3.64. The molecule has 0 aliphatic carbocycles. The standard InChI is InChI=1S/C31H39N3O7S/c1-22(2)32-31(36)28(18-23-11-8-7-9-12-23)33(20-24-13-10-14-25(17-24)39-3)30(35)21-34(42(6,37)38)27-19-26(40-4)15-16-29(27)41-5/h7-17,19,22,28H,18,20-21H2,1-6H3,(H,32,36)/t28-/m0/s1. The van der Waals surface area contributed by atoms with Crippen LogP contribution in [0.25, 0.3) is 0 Å². The molecular formula is C31H39N3O7S. The van der Waals surface area contributed by atoms with Crippen molar-refractivity contribution < 1.29 is 32.2 Å². The lowest BCUT2D eigenvalue weighted by atomic mass is 10.0. The number of methoxy groups -OCH3 is 3. The normalized spacial score (nSPS) is 11.9. The molecule has 0 aromatic heterocycles. The number of carbonyl (C=O) groups excluding carboxylic acids is 2. The van der Waals surface area contributed by atoms with Gasteiger partial charge in [-0.25, -0.2) is 8.42 Å². The highest BCUT2D eigenvalue weighted by Gasteiger charge is 2.34. The monoisotopic (exact) mass is 597 g/mol. The summed E-state index contributed by atoms with van der Waals surface area (Å²) >= 11 is 0. The van der Waals surface area contributed by atoms with Crippen LogP contribution in [-0.2, 0) is 32.6 Å². The first kappa shape index (κ1) is 32.3. The summed E-state index contributed by atoms with van der Waals surface area (Å²) in [5, 5.41) is 2.93. The van der Waals surface area contributed by atoms with Crippen molar-refractivity contribution in [3.63, 3.8) is 0 Å². The van der Waals surface area contributed by atoms with Crippen molar-refractivity contribution in [3.8, 4) is 17.2 Å². The van der Waals surface area contributed by atoms with Gasteiger partial charge >= 0.3 is 0 Å². The van der Waals surface area contributed by atoms with Crippen LogP contribution in [0.15, 0.2) is 72.8 Å². The quantitative estimate of drug-likeness (QED) is 0.302. The fraction of sp³-hybridized carbons (Fsp3) is 0.355. The lowest BCUT2D eigenvalue weighted by molar-refractivity contribution is -0.140. The molecule has 0 saturated carbocycles. The smallest absolute Gasteiger partial charge is 0.244 e. The maximum atomic E-state index is 14.2. The number of carbonyl (C=O) groups is 2. The molecule has 2 amide bonds. The van der Waals surface area contributed by atoms with E-state index in [0.29, 0.717) is 17.1 Å². The molecule has 0 heterocycles. The van der Waals surface area contributed by atoms with Crippen molar-refractivity contribution in [2.75, 3.05) is 38.4 Å². The van der Waals surface area contributed by atoms with Gasteiger partial charge in [-0.15, -0.1) is 0 Å². The summed E-state index contributed by atoms with van der Waals surface area (Å²) in [6, 6.07) is 20.1. The van der Waals surface area contributed by atoms with E-state index in [1.807, 2.05) is 50.2 Å². The summed E-state index contributed by atoms with van der Waals surface area (Å²) < 4.78 is 43.3. The highest BCUT2D eigenvalue weighted by atomic mass is 32.2. The summed E-state index contributed by atoms with van der Waals surface area (Å²) in [5.74, 6) is 0.290. The highest BCUT2D eigenvalue weighted by molar-refractivity contribution is 7.92. The van der Waals surface area contributed by atoms with E-state index in [-0.39, 0.29) is 36.4 Å². The second kappa shape index (κ2) is 14.6. The molecule has 226 valence electrons. The molecule has 42 heavy (non-hydrogen) atoms. The van der Waals surface area contributed by atoms with E-state index in [4.69, 9.17) is 14.2 Å². The molecule has 0 bridgehead atoms. The van der Waals surface area contributed by atoms with Crippen LogP contribution >= 0.6 is 0 Å². The number of amides is 2. The van der Waals surface area contributed by atoms with Crippen LogP contribution in [0.1, 0.15) is 25.0 Å². The average molecular weight is 598 g/mol. The second-order valence-electron chi connectivity index (χ2n) is 10.0. The van der Waals surface area contributed by atoms with Gasteiger partial charge in [-0.05, 0) is 49.2 Å². The number of anilines is 1. The van der Waals surface area contributed by atoms with Crippen LogP contribution in [0.4, 0.5) is 5.69 Å². The van der Waals surface area contributed by atoms with Crippen molar-refractivity contribution in [1.29, 1.82) is 0 Å². The number of nitrogens with zero attached hydrogens (tertiary/aromatic N) is 2. The molecule has 0 fully saturated rings. The number of hydrogen-bond donors (Lipinski definition) is 1. The molecule has 3 rings (SSSR count). The minimum Gasteiger partial charge on any atom is -0.497 e. The fourth-order valence-electron chi connectivity index (χ4n) is 4.49. The summed E-state index contributed by atoms with van der Waals surface area (Å²) in [6.45, 7) is 3.14. The Kier molecular flexibility index (Phi) is 11.2. The highest BCUT2D eigenvalue weighted by Crippen LogP contribution is 2.34. The van der Waals surface area contributed by atoms with Crippen LogP contribution in [0.2, 0.25) is 0 Å². The van der Waals surface area contributed by atoms with Gasteiger partial charge in [0, 0.05) is 25.1 Å². The minimum absolute atomic E-state index is 0.0336. The number of nitrogens with one attached hydrogen (secondary N) is 1. The Morgan fingerprint density at radius 2 is 1.48 bits per heavy atom. The first-order valence-electron chi connectivity index (χ1n) is 13.4. The predicted molar refractivity (Wildman–Crippen MR) is 162 cm³/mol.